The van der Waals surface area contributed by atoms with Crippen LogP contribution in [0.1, 0.15) is 270 Å². The van der Waals surface area contributed by atoms with Crippen LogP contribution in [0.15, 0.2) is 12.4 Å². The number of unbranched alkanes of at least 4 members (excludes halogenated alkanes) is 29. The van der Waals surface area contributed by atoms with Gasteiger partial charge in [-0.25, -0.2) is 9.55 Å². The third-order valence-electron chi connectivity index (χ3n) is 10.9. The van der Waals surface area contributed by atoms with Gasteiger partial charge in [-0.2, -0.15) is 0 Å². The molecule has 0 bridgehead atoms. The first-order valence-corrected chi connectivity index (χ1v) is 21.8. The molecule has 272 valence electrons. The van der Waals surface area contributed by atoms with Crippen molar-refractivity contribution < 1.29 is 4.57 Å². The highest BCUT2D eigenvalue weighted by molar-refractivity contribution is 4.90. The lowest BCUT2D eigenvalue weighted by Gasteiger charge is -2.17. The van der Waals surface area contributed by atoms with Crippen molar-refractivity contribution in [2.75, 3.05) is 0 Å². The van der Waals surface area contributed by atoms with Crippen molar-refractivity contribution in [1.29, 1.82) is 0 Å². The quantitative estimate of drug-likeness (QED) is 0.0550. The van der Waals surface area contributed by atoms with Crippen molar-refractivity contribution in [2.45, 2.75) is 264 Å². The lowest BCUT2D eigenvalue weighted by atomic mass is 9.93. The molecule has 46 heavy (non-hydrogen) atoms. The van der Waals surface area contributed by atoms with Crippen molar-refractivity contribution in [3.8, 4) is 0 Å². The summed E-state index contributed by atoms with van der Waals surface area (Å²) in [4.78, 5) is 3.73. The molecule has 2 nitrogen and oxygen atoms in total. The molecule has 1 aromatic rings. The molecule has 2 atom stereocenters. The second kappa shape index (κ2) is 34.1. The van der Waals surface area contributed by atoms with E-state index in [1.807, 2.05) is 0 Å². The van der Waals surface area contributed by atoms with Crippen molar-refractivity contribution in [1.82, 2.24) is 4.98 Å². The fraction of sp³-hybridized carbons (Fsp3) is 0.932. The summed E-state index contributed by atoms with van der Waals surface area (Å²) in [6.07, 6.45) is 54.7. The molecular formula is C44H87N2+. The van der Waals surface area contributed by atoms with Crippen LogP contribution in [-0.4, -0.2) is 4.98 Å². The first-order chi connectivity index (χ1) is 22.7. The zero-order valence-corrected chi connectivity index (χ0v) is 32.5. The second-order valence-electron chi connectivity index (χ2n) is 15.4. The Morgan fingerprint density at radius 3 is 1.07 bits per heavy atom. The average molecular weight is 644 g/mol. The fourth-order valence-corrected chi connectivity index (χ4v) is 7.66. The number of hydrogen-bond donors (Lipinski definition) is 1. The predicted molar refractivity (Wildman–Crippen MR) is 207 cm³/mol. The van der Waals surface area contributed by atoms with Crippen LogP contribution >= 0.6 is 0 Å². The molecule has 1 N–H and O–H groups in total. The molecule has 0 aromatic carbocycles. The summed E-state index contributed by atoms with van der Waals surface area (Å²) in [5.74, 6) is 2.24. The minimum absolute atomic E-state index is 0.619. The monoisotopic (exact) mass is 644 g/mol. The van der Waals surface area contributed by atoms with E-state index in [1.165, 1.54) is 231 Å². The van der Waals surface area contributed by atoms with E-state index in [2.05, 4.69) is 49.6 Å². The smallest absolute Gasteiger partial charge is 0.247 e. The Balaban J connectivity index is 2.18. The summed E-state index contributed by atoms with van der Waals surface area (Å²) in [7, 11) is 0. The first-order valence-electron chi connectivity index (χ1n) is 21.8. The van der Waals surface area contributed by atoms with E-state index in [9.17, 15) is 0 Å². The Labute approximate surface area is 291 Å². The van der Waals surface area contributed by atoms with E-state index < -0.39 is 0 Å². The molecule has 0 amide bonds. The van der Waals surface area contributed by atoms with Gasteiger partial charge in [-0.15, -0.1) is 0 Å². The number of imidazole rings is 1. The number of rotatable bonds is 37. The van der Waals surface area contributed by atoms with Gasteiger partial charge in [0.2, 0.25) is 0 Å². The zero-order chi connectivity index (χ0) is 33.2. The molecule has 0 aliphatic rings. The van der Waals surface area contributed by atoms with Crippen molar-refractivity contribution in [3.05, 3.63) is 18.2 Å². The summed E-state index contributed by atoms with van der Waals surface area (Å²) in [6, 6.07) is 0.619. The van der Waals surface area contributed by atoms with Crippen molar-refractivity contribution >= 4 is 0 Å². The molecular weight excluding hydrogens is 556 g/mol. The van der Waals surface area contributed by atoms with E-state index in [4.69, 9.17) is 0 Å². The van der Waals surface area contributed by atoms with Gasteiger partial charge >= 0.3 is 0 Å². The number of hydrogen-bond acceptors (Lipinski definition) is 0. The minimum Gasteiger partial charge on any atom is -0.247 e. The van der Waals surface area contributed by atoms with Crippen LogP contribution in [0.3, 0.4) is 0 Å². The maximum Gasteiger partial charge on any atom is 0.257 e. The number of H-pyrrole nitrogens is 1. The molecule has 0 aliphatic heterocycles. The highest BCUT2D eigenvalue weighted by Crippen LogP contribution is 2.27. The minimum atomic E-state index is 0.619. The van der Waals surface area contributed by atoms with Gasteiger partial charge < -0.3 is 0 Å². The molecule has 0 spiro atoms. The van der Waals surface area contributed by atoms with Gasteiger partial charge in [-0.1, -0.05) is 220 Å². The molecule has 0 fully saturated rings. The Hall–Kier alpha value is -0.790. The summed E-state index contributed by atoms with van der Waals surface area (Å²) < 4.78 is 2.63. The normalized spacial score (nSPS) is 13.0. The molecule has 1 aromatic heterocycles. The van der Waals surface area contributed by atoms with Gasteiger partial charge in [0.25, 0.3) is 5.82 Å². The average Bonchev–Trinajstić information content (AvgIpc) is 3.56. The highest BCUT2D eigenvalue weighted by atomic mass is 15.1. The van der Waals surface area contributed by atoms with Gasteiger partial charge in [-0.3, -0.25) is 0 Å². The van der Waals surface area contributed by atoms with Gasteiger partial charge in [0.05, 0.1) is 12.0 Å². The van der Waals surface area contributed by atoms with Crippen LogP contribution in [0.2, 0.25) is 0 Å². The molecule has 1 heterocycles. The fourth-order valence-electron chi connectivity index (χ4n) is 7.66. The van der Waals surface area contributed by atoms with Crippen LogP contribution in [0.4, 0.5) is 0 Å². The summed E-state index contributed by atoms with van der Waals surface area (Å²) in [5.41, 5.74) is 0. The third kappa shape index (κ3) is 25.3. The number of aromatic amines is 1. The lowest BCUT2D eigenvalue weighted by molar-refractivity contribution is -0.727. The van der Waals surface area contributed by atoms with Gasteiger partial charge in [-0.05, 0) is 32.6 Å². The van der Waals surface area contributed by atoms with Gasteiger partial charge in [0, 0.05) is 0 Å². The predicted octanol–water partition coefficient (Wildman–Crippen LogP) is 15.7. The molecule has 0 saturated heterocycles. The Kier molecular flexibility index (Phi) is 32.0. The SMILES string of the molecule is CCCCCCCCCCCCCCCCCCC(CCCCC)c1[nH]cc[n+]1C(C)CCCCCCCCCCCCCCC. The standard InChI is InChI=1S/C44H86N2/c1-5-8-11-13-15-17-19-21-22-23-25-27-29-31-33-36-39-43(38-34-10-7-3)44-45-40-41-46(44)42(4)37-35-32-30-28-26-24-20-18-16-14-12-9-6-2/h40-43H,5-39H2,1-4H3/p+1. The number of nitrogens with zero attached hydrogens (tertiary/aromatic N) is 1. The Morgan fingerprint density at radius 1 is 0.413 bits per heavy atom. The number of nitrogens with one attached hydrogen (secondary N) is 1. The maximum atomic E-state index is 3.73. The van der Waals surface area contributed by atoms with E-state index >= 15 is 0 Å². The highest BCUT2D eigenvalue weighted by Gasteiger charge is 2.25. The third-order valence-corrected chi connectivity index (χ3v) is 10.9. The van der Waals surface area contributed by atoms with Crippen molar-refractivity contribution in [2.24, 2.45) is 0 Å². The van der Waals surface area contributed by atoms with E-state index in [1.54, 1.807) is 0 Å². The molecule has 2 heteroatoms. The van der Waals surface area contributed by atoms with E-state index in [0.717, 1.165) is 0 Å². The summed E-state index contributed by atoms with van der Waals surface area (Å²) >= 11 is 0. The number of aromatic nitrogens is 2. The zero-order valence-electron chi connectivity index (χ0n) is 32.5. The second-order valence-corrected chi connectivity index (χ2v) is 15.4. The Bertz CT molecular complexity index is 709. The van der Waals surface area contributed by atoms with Crippen LogP contribution in [0, 0.1) is 0 Å². The van der Waals surface area contributed by atoms with Crippen LogP contribution < -0.4 is 4.57 Å². The molecule has 0 aliphatic carbocycles. The Morgan fingerprint density at radius 2 is 0.696 bits per heavy atom. The van der Waals surface area contributed by atoms with Crippen molar-refractivity contribution in [3.63, 3.8) is 0 Å². The van der Waals surface area contributed by atoms with Gasteiger partial charge in [0.1, 0.15) is 12.4 Å². The van der Waals surface area contributed by atoms with E-state index in [-0.39, 0.29) is 0 Å². The van der Waals surface area contributed by atoms with Crippen LogP contribution in [0.5, 0.6) is 0 Å². The van der Waals surface area contributed by atoms with Crippen LogP contribution in [0.25, 0.3) is 0 Å². The summed E-state index contributed by atoms with van der Waals surface area (Å²) in [5, 5.41) is 0. The topological polar surface area (TPSA) is 19.7 Å². The summed E-state index contributed by atoms with van der Waals surface area (Å²) in [6.45, 7) is 9.43. The van der Waals surface area contributed by atoms with E-state index in [0.29, 0.717) is 12.0 Å². The first kappa shape index (κ1) is 43.2. The molecule has 2 unspecified atom stereocenters. The molecule has 0 radical (unpaired) electrons. The maximum absolute atomic E-state index is 3.73. The van der Waals surface area contributed by atoms with Gasteiger partial charge in [0.15, 0.2) is 0 Å². The molecule has 0 saturated carbocycles. The lowest BCUT2D eigenvalue weighted by Crippen LogP contribution is -2.41. The van der Waals surface area contributed by atoms with Crippen LogP contribution in [-0.2, 0) is 0 Å². The molecule has 1 rings (SSSR count). The largest absolute Gasteiger partial charge is 0.257 e.